The molecule has 0 aliphatic carbocycles. The highest BCUT2D eigenvalue weighted by Gasteiger charge is 2.18. The van der Waals surface area contributed by atoms with Crippen molar-refractivity contribution in [1.82, 2.24) is 4.98 Å². The number of halogens is 2. The molecule has 1 N–H and O–H groups in total. The fraction of sp³-hybridized carbons (Fsp3) is 0. The molecule has 1 heterocycles. The molecule has 0 fully saturated rings. The van der Waals surface area contributed by atoms with E-state index < -0.39 is 15.8 Å². The molecule has 8 heteroatoms. The van der Waals surface area contributed by atoms with E-state index in [1.165, 1.54) is 18.3 Å². The number of anilines is 1. The second-order valence-corrected chi connectivity index (χ2v) is 5.78. The first-order chi connectivity index (χ1) is 9.44. The maximum absolute atomic E-state index is 13.2. The summed E-state index contributed by atoms with van der Waals surface area (Å²) in [6, 6.07) is 6.26. The second kappa shape index (κ2) is 5.45. The molecule has 0 aliphatic heterocycles. The molecular formula is C12H7ClFN3O2S. The van der Waals surface area contributed by atoms with Crippen LogP contribution in [0.25, 0.3) is 0 Å². The Kier molecular flexibility index (Phi) is 3.88. The molecule has 0 radical (unpaired) electrons. The Morgan fingerprint density at radius 2 is 2.10 bits per heavy atom. The topological polar surface area (TPSA) is 82.9 Å². The maximum Gasteiger partial charge on any atom is 0.264 e. The highest BCUT2D eigenvalue weighted by Crippen LogP contribution is 2.23. The zero-order chi connectivity index (χ0) is 14.8. The lowest BCUT2D eigenvalue weighted by Gasteiger charge is -2.09. The summed E-state index contributed by atoms with van der Waals surface area (Å²) in [6.07, 6.45) is 2.45. The van der Waals surface area contributed by atoms with Gasteiger partial charge in [0.2, 0.25) is 0 Å². The van der Waals surface area contributed by atoms with Gasteiger partial charge in [0, 0.05) is 12.4 Å². The van der Waals surface area contributed by atoms with E-state index in [2.05, 4.69) is 9.71 Å². The maximum atomic E-state index is 13.2. The minimum Gasteiger partial charge on any atom is -0.279 e. The molecule has 0 aliphatic rings. The lowest BCUT2D eigenvalue weighted by atomic mass is 10.2. The number of hydrogen-bond acceptors (Lipinski definition) is 4. The van der Waals surface area contributed by atoms with Crippen molar-refractivity contribution in [1.29, 1.82) is 5.26 Å². The Balaban J connectivity index is 2.39. The van der Waals surface area contributed by atoms with Gasteiger partial charge in [-0.2, -0.15) is 5.26 Å². The summed E-state index contributed by atoms with van der Waals surface area (Å²) in [5.74, 6) is -0.727. The monoisotopic (exact) mass is 311 g/mol. The van der Waals surface area contributed by atoms with Crippen LogP contribution in [0.1, 0.15) is 5.56 Å². The van der Waals surface area contributed by atoms with Crippen LogP contribution in [0, 0.1) is 17.1 Å². The third-order valence-corrected chi connectivity index (χ3v) is 4.21. The van der Waals surface area contributed by atoms with Gasteiger partial charge in [0.25, 0.3) is 10.0 Å². The zero-order valence-electron chi connectivity index (χ0n) is 9.84. The molecule has 2 rings (SSSR count). The molecule has 0 spiro atoms. The molecule has 1 aromatic heterocycles. The van der Waals surface area contributed by atoms with Gasteiger partial charge in [-0.25, -0.2) is 12.8 Å². The number of nitriles is 1. The van der Waals surface area contributed by atoms with Crippen LogP contribution in [-0.2, 0) is 10.0 Å². The van der Waals surface area contributed by atoms with Gasteiger partial charge in [-0.15, -0.1) is 0 Å². The lowest BCUT2D eigenvalue weighted by molar-refractivity contribution is 0.600. The fourth-order valence-electron chi connectivity index (χ4n) is 1.45. The van der Waals surface area contributed by atoms with Crippen molar-refractivity contribution in [2.75, 3.05) is 4.72 Å². The van der Waals surface area contributed by atoms with Crippen LogP contribution < -0.4 is 4.72 Å². The zero-order valence-corrected chi connectivity index (χ0v) is 11.4. The van der Waals surface area contributed by atoms with Gasteiger partial charge in [0.05, 0.1) is 16.3 Å². The van der Waals surface area contributed by atoms with Crippen molar-refractivity contribution in [2.24, 2.45) is 0 Å². The van der Waals surface area contributed by atoms with E-state index in [1.807, 2.05) is 0 Å². The van der Waals surface area contributed by atoms with Crippen LogP contribution in [-0.4, -0.2) is 13.4 Å². The van der Waals surface area contributed by atoms with Crippen LogP contribution in [0.4, 0.5) is 10.1 Å². The average Bonchev–Trinajstić information content (AvgIpc) is 2.41. The number of pyridine rings is 1. The molecule has 0 bridgehead atoms. The second-order valence-electron chi connectivity index (χ2n) is 3.72. The van der Waals surface area contributed by atoms with E-state index in [0.29, 0.717) is 0 Å². The lowest BCUT2D eigenvalue weighted by Crippen LogP contribution is -2.14. The first-order valence-corrected chi connectivity index (χ1v) is 7.12. The van der Waals surface area contributed by atoms with E-state index in [4.69, 9.17) is 16.9 Å². The van der Waals surface area contributed by atoms with Gasteiger partial charge < -0.3 is 0 Å². The van der Waals surface area contributed by atoms with Crippen molar-refractivity contribution in [3.8, 4) is 6.07 Å². The summed E-state index contributed by atoms with van der Waals surface area (Å²) in [6.45, 7) is 0. The van der Waals surface area contributed by atoms with Gasteiger partial charge in [-0.05, 0) is 24.3 Å². The number of nitrogens with zero attached hydrogens (tertiary/aromatic N) is 2. The highest BCUT2D eigenvalue weighted by molar-refractivity contribution is 7.92. The van der Waals surface area contributed by atoms with Gasteiger partial charge in [0.15, 0.2) is 0 Å². The Bertz CT molecular complexity index is 803. The summed E-state index contributed by atoms with van der Waals surface area (Å²) in [5.41, 5.74) is -0.203. The normalized spacial score (nSPS) is 10.8. The van der Waals surface area contributed by atoms with Crippen LogP contribution in [0.2, 0.25) is 5.02 Å². The largest absolute Gasteiger partial charge is 0.279 e. The summed E-state index contributed by atoms with van der Waals surface area (Å²) in [5, 5.41) is 8.71. The molecule has 0 saturated heterocycles. The Morgan fingerprint density at radius 3 is 2.75 bits per heavy atom. The number of benzene rings is 1. The SMILES string of the molecule is N#Cc1cc(NS(=O)(=O)c2cnccc2Cl)ccc1F. The fourth-order valence-corrected chi connectivity index (χ4v) is 2.93. The number of nitrogens with one attached hydrogen (secondary N) is 1. The van der Waals surface area contributed by atoms with Crippen LogP contribution in [0.3, 0.4) is 0 Å². The van der Waals surface area contributed by atoms with Gasteiger partial charge in [0.1, 0.15) is 16.8 Å². The van der Waals surface area contributed by atoms with Gasteiger partial charge in [-0.3, -0.25) is 9.71 Å². The molecular weight excluding hydrogens is 305 g/mol. The first kappa shape index (κ1) is 14.2. The Morgan fingerprint density at radius 1 is 1.35 bits per heavy atom. The molecule has 0 amide bonds. The molecule has 0 atom stereocenters. The molecule has 5 nitrogen and oxygen atoms in total. The van der Waals surface area contributed by atoms with Crippen molar-refractivity contribution >= 4 is 27.3 Å². The van der Waals surface area contributed by atoms with E-state index in [1.54, 1.807) is 6.07 Å². The van der Waals surface area contributed by atoms with E-state index in [0.717, 1.165) is 18.3 Å². The van der Waals surface area contributed by atoms with Crippen LogP contribution in [0.15, 0.2) is 41.6 Å². The smallest absolute Gasteiger partial charge is 0.264 e. The Hall–Kier alpha value is -2.17. The third-order valence-electron chi connectivity index (χ3n) is 2.36. The summed E-state index contributed by atoms with van der Waals surface area (Å²) < 4.78 is 39.6. The molecule has 1 aromatic carbocycles. The molecule has 20 heavy (non-hydrogen) atoms. The van der Waals surface area contributed by atoms with Crippen LogP contribution in [0.5, 0.6) is 0 Å². The molecule has 2 aromatic rings. The predicted octanol–water partition coefficient (Wildman–Crippen LogP) is 2.55. The number of hydrogen-bond donors (Lipinski definition) is 1. The average molecular weight is 312 g/mol. The van der Waals surface area contributed by atoms with Crippen LogP contribution >= 0.6 is 11.6 Å². The van der Waals surface area contributed by atoms with Crippen molar-refractivity contribution in [3.63, 3.8) is 0 Å². The third kappa shape index (κ3) is 2.87. The summed E-state index contributed by atoms with van der Waals surface area (Å²) in [4.78, 5) is 3.48. The predicted molar refractivity (Wildman–Crippen MR) is 71.2 cm³/mol. The van der Waals surface area contributed by atoms with Gasteiger partial charge >= 0.3 is 0 Å². The summed E-state index contributed by atoms with van der Waals surface area (Å²) >= 11 is 5.79. The first-order valence-electron chi connectivity index (χ1n) is 5.26. The minimum atomic E-state index is -3.96. The summed E-state index contributed by atoms with van der Waals surface area (Å²) in [7, 11) is -3.96. The highest BCUT2D eigenvalue weighted by atomic mass is 35.5. The number of aromatic nitrogens is 1. The van der Waals surface area contributed by atoms with Crippen molar-refractivity contribution in [3.05, 3.63) is 53.1 Å². The standard InChI is InChI=1S/C12H7ClFN3O2S/c13-10-3-4-16-7-12(10)20(18,19)17-9-1-2-11(14)8(5-9)6-15/h1-5,7,17H. The molecule has 0 saturated carbocycles. The van der Waals surface area contributed by atoms with E-state index in [-0.39, 0.29) is 21.2 Å². The van der Waals surface area contributed by atoms with Gasteiger partial charge in [-0.1, -0.05) is 11.6 Å². The minimum absolute atomic E-state index is 0.00937. The molecule has 0 unspecified atom stereocenters. The number of sulfonamides is 1. The van der Waals surface area contributed by atoms with Crippen molar-refractivity contribution in [2.45, 2.75) is 4.90 Å². The van der Waals surface area contributed by atoms with E-state index >= 15 is 0 Å². The van der Waals surface area contributed by atoms with E-state index in [9.17, 15) is 12.8 Å². The molecule has 102 valence electrons. The Labute approximate surface area is 119 Å². The number of rotatable bonds is 3. The quantitative estimate of drug-likeness (QED) is 0.944. The van der Waals surface area contributed by atoms with Crippen molar-refractivity contribution < 1.29 is 12.8 Å².